The van der Waals surface area contributed by atoms with Crippen LogP contribution in [-0.2, 0) is 12.0 Å². The fourth-order valence-electron chi connectivity index (χ4n) is 3.53. The Labute approximate surface area is 162 Å². The molecular weight excluding hydrogens is 338 g/mol. The Kier molecular flexibility index (Phi) is 5.70. The highest BCUT2D eigenvalue weighted by atomic mass is 16.4. The van der Waals surface area contributed by atoms with Crippen molar-refractivity contribution in [2.45, 2.75) is 53.0 Å². The van der Waals surface area contributed by atoms with E-state index in [0.29, 0.717) is 6.54 Å². The van der Waals surface area contributed by atoms with E-state index in [9.17, 15) is 4.79 Å². The Morgan fingerprint density at radius 3 is 2.41 bits per heavy atom. The molecular formula is C22H31N3O2. The largest absolute Gasteiger partial charge is 0.444 e. The number of amides is 1. The van der Waals surface area contributed by atoms with E-state index in [1.165, 1.54) is 0 Å². The molecule has 5 nitrogen and oxygen atoms in total. The monoisotopic (exact) mass is 369 g/mol. The minimum absolute atomic E-state index is 0.0286. The molecule has 2 heterocycles. The van der Waals surface area contributed by atoms with Crippen molar-refractivity contribution >= 4 is 5.91 Å². The molecule has 1 aromatic carbocycles. The summed E-state index contributed by atoms with van der Waals surface area (Å²) in [5.41, 5.74) is 3.03. The molecule has 1 fully saturated rings. The summed E-state index contributed by atoms with van der Waals surface area (Å²) in [6, 6.07) is 6.07. The smallest absolute Gasteiger partial charge is 0.253 e. The van der Waals surface area contributed by atoms with Gasteiger partial charge in [-0.1, -0.05) is 38.0 Å². The third-order valence-electron chi connectivity index (χ3n) is 5.00. The number of aryl methyl sites for hydroxylation is 2. The first-order valence-corrected chi connectivity index (χ1v) is 9.77. The fraction of sp³-hybridized carbons (Fsp3) is 0.545. The lowest BCUT2D eigenvalue weighted by atomic mass is 9.94. The van der Waals surface area contributed by atoms with Crippen LogP contribution in [0.15, 0.2) is 28.8 Å². The minimum atomic E-state index is -0.0286. The summed E-state index contributed by atoms with van der Waals surface area (Å²) >= 11 is 0. The average molecular weight is 370 g/mol. The van der Waals surface area contributed by atoms with E-state index in [4.69, 9.17) is 4.42 Å². The summed E-state index contributed by atoms with van der Waals surface area (Å²) in [4.78, 5) is 21.7. The normalized spacial score (nSPS) is 16.4. The maximum absolute atomic E-state index is 12.9. The number of carbonyl (C=O) groups is 1. The van der Waals surface area contributed by atoms with Crippen molar-refractivity contribution < 1.29 is 9.21 Å². The molecule has 1 saturated heterocycles. The molecule has 1 amide bonds. The number of rotatable bonds is 3. The first-order chi connectivity index (χ1) is 12.7. The molecule has 0 unspecified atom stereocenters. The van der Waals surface area contributed by atoms with Crippen LogP contribution in [0, 0.1) is 13.8 Å². The van der Waals surface area contributed by atoms with Gasteiger partial charge in [-0.15, -0.1) is 0 Å². The summed E-state index contributed by atoms with van der Waals surface area (Å²) in [7, 11) is 0. The highest BCUT2D eigenvalue weighted by Crippen LogP contribution is 2.23. The van der Waals surface area contributed by atoms with Crippen molar-refractivity contribution in [1.82, 2.24) is 14.8 Å². The maximum Gasteiger partial charge on any atom is 0.253 e. The van der Waals surface area contributed by atoms with Gasteiger partial charge in [-0.2, -0.15) is 0 Å². The van der Waals surface area contributed by atoms with Gasteiger partial charge >= 0.3 is 0 Å². The third kappa shape index (κ3) is 4.98. The van der Waals surface area contributed by atoms with E-state index in [-0.39, 0.29) is 11.3 Å². The summed E-state index contributed by atoms with van der Waals surface area (Å²) in [5.74, 6) is 1.81. The molecule has 0 saturated carbocycles. The SMILES string of the molecule is Cc1cc(C)cc(C(=O)N2CCCN(Cc3ncc(C(C)(C)C)o3)CC2)c1. The summed E-state index contributed by atoms with van der Waals surface area (Å²) in [6.45, 7) is 14.5. The molecule has 0 radical (unpaired) electrons. The van der Waals surface area contributed by atoms with Gasteiger partial charge in [-0.3, -0.25) is 9.69 Å². The Hall–Kier alpha value is -2.14. The molecule has 0 bridgehead atoms. The van der Waals surface area contributed by atoms with Crippen molar-refractivity contribution in [1.29, 1.82) is 0 Å². The van der Waals surface area contributed by atoms with Crippen molar-refractivity contribution in [3.8, 4) is 0 Å². The lowest BCUT2D eigenvalue weighted by Crippen LogP contribution is -2.35. The van der Waals surface area contributed by atoms with Crippen LogP contribution in [0.3, 0.4) is 0 Å². The molecule has 1 aliphatic rings. The van der Waals surface area contributed by atoms with Gasteiger partial charge < -0.3 is 9.32 Å². The molecule has 146 valence electrons. The second-order valence-electron chi connectivity index (χ2n) is 8.67. The lowest BCUT2D eigenvalue weighted by molar-refractivity contribution is 0.0760. The van der Waals surface area contributed by atoms with Gasteiger partial charge in [-0.25, -0.2) is 4.98 Å². The molecule has 0 N–H and O–H groups in total. The van der Waals surface area contributed by atoms with E-state index in [1.807, 2.05) is 37.1 Å². The lowest BCUT2D eigenvalue weighted by Gasteiger charge is -2.22. The first kappa shape index (κ1) is 19.6. The second kappa shape index (κ2) is 7.85. The van der Waals surface area contributed by atoms with Gasteiger partial charge in [-0.05, 0) is 32.4 Å². The minimum Gasteiger partial charge on any atom is -0.444 e. The average Bonchev–Trinajstić information content (AvgIpc) is 2.93. The summed E-state index contributed by atoms with van der Waals surface area (Å²) in [5, 5.41) is 0. The molecule has 2 aromatic rings. The van der Waals surface area contributed by atoms with Gasteiger partial charge in [0.25, 0.3) is 5.91 Å². The van der Waals surface area contributed by atoms with Crippen LogP contribution >= 0.6 is 0 Å². The predicted molar refractivity (Wildman–Crippen MR) is 107 cm³/mol. The summed E-state index contributed by atoms with van der Waals surface area (Å²) < 4.78 is 5.93. The van der Waals surface area contributed by atoms with E-state index >= 15 is 0 Å². The number of hydrogen-bond acceptors (Lipinski definition) is 4. The summed E-state index contributed by atoms with van der Waals surface area (Å²) in [6.07, 6.45) is 2.80. The molecule has 0 spiro atoms. The van der Waals surface area contributed by atoms with Gasteiger partial charge in [0.15, 0.2) is 0 Å². The Morgan fingerprint density at radius 2 is 1.78 bits per heavy atom. The number of hydrogen-bond donors (Lipinski definition) is 0. The zero-order chi connectivity index (χ0) is 19.6. The Bertz CT molecular complexity index is 784. The number of carbonyl (C=O) groups excluding carboxylic acids is 1. The van der Waals surface area contributed by atoms with Crippen molar-refractivity contribution in [3.63, 3.8) is 0 Å². The van der Waals surface area contributed by atoms with Crippen molar-refractivity contribution in [3.05, 3.63) is 52.7 Å². The van der Waals surface area contributed by atoms with Crippen molar-refractivity contribution in [2.24, 2.45) is 0 Å². The maximum atomic E-state index is 12.9. The zero-order valence-corrected chi connectivity index (χ0v) is 17.2. The molecule has 0 aliphatic carbocycles. The fourth-order valence-corrected chi connectivity index (χ4v) is 3.53. The van der Waals surface area contributed by atoms with Crippen molar-refractivity contribution in [2.75, 3.05) is 26.2 Å². The zero-order valence-electron chi connectivity index (χ0n) is 17.2. The predicted octanol–water partition coefficient (Wildman–Crippen LogP) is 3.94. The molecule has 3 rings (SSSR count). The molecule has 0 atom stereocenters. The molecule has 1 aromatic heterocycles. The third-order valence-corrected chi connectivity index (χ3v) is 5.00. The Morgan fingerprint density at radius 1 is 1.07 bits per heavy atom. The standard InChI is InChI=1S/C22H31N3O2/c1-16-11-17(2)13-18(12-16)21(26)25-8-6-7-24(9-10-25)15-20-23-14-19(27-20)22(3,4)5/h11-14H,6-10,15H2,1-5H3. The van der Waals surface area contributed by atoms with E-state index in [0.717, 1.165) is 60.9 Å². The Balaban J connectivity index is 1.61. The van der Waals surface area contributed by atoms with Crippen LogP contribution < -0.4 is 0 Å². The topological polar surface area (TPSA) is 49.6 Å². The second-order valence-corrected chi connectivity index (χ2v) is 8.67. The molecule has 1 aliphatic heterocycles. The van der Waals surface area contributed by atoms with Crippen LogP contribution in [0.2, 0.25) is 0 Å². The van der Waals surface area contributed by atoms with Crippen LogP contribution in [0.4, 0.5) is 0 Å². The first-order valence-electron chi connectivity index (χ1n) is 9.77. The van der Waals surface area contributed by atoms with Crippen LogP contribution in [0.25, 0.3) is 0 Å². The van der Waals surface area contributed by atoms with E-state index < -0.39 is 0 Å². The van der Waals surface area contributed by atoms with Gasteiger partial charge in [0.05, 0.1) is 12.7 Å². The van der Waals surface area contributed by atoms with E-state index in [1.54, 1.807) is 0 Å². The molecule has 5 heteroatoms. The van der Waals surface area contributed by atoms with E-state index in [2.05, 4.69) is 36.7 Å². The number of benzene rings is 1. The quantitative estimate of drug-likeness (QED) is 0.822. The van der Waals surface area contributed by atoms with Crippen LogP contribution in [0.5, 0.6) is 0 Å². The number of aromatic nitrogens is 1. The highest BCUT2D eigenvalue weighted by molar-refractivity contribution is 5.94. The van der Waals surface area contributed by atoms with Gasteiger partial charge in [0.2, 0.25) is 5.89 Å². The van der Waals surface area contributed by atoms with Crippen LogP contribution in [0.1, 0.15) is 60.3 Å². The molecule has 27 heavy (non-hydrogen) atoms. The van der Waals surface area contributed by atoms with Gasteiger partial charge in [0.1, 0.15) is 5.76 Å². The van der Waals surface area contributed by atoms with Crippen LogP contribution in [-0.4, -0.2) is 46.9 Å². The number of nitrogens with zero attached hydrogens (tertiary/aromatic N) is 3. The van der Waals surface area contributed by atoms with Gasteiger partial charge in [0, 0.05) is 37.2 Å². The number of oxazole rings is 1. The highest BCUT2D eigenvalue weighted by Gasteiger charge is 2.23.